The molecule has 0 radical (unpaired) electrons. The predicted molar refractivity (Wildman–Crippen MR) is 149 cm³/mol. The van der Waals surface area contributed by atoms with Gasteiger partial charge in [-0.2, -0.15) is 0 Å². The molecule has 0 heterocycles. The van der Waals surface area contributed by atoms with Crippen LogP contribution in [0.2, 0.25) is 0 Å². The molecule has 202 valence electrons. The van der Waals surface area contributed by atoms with Crippen molar-refractivity contribution in [3.8, 4) is 0 Å². The smallest absolute Gasteiger partial charge is 0.220 e. The Bertz CT molecular complexity index is 703. The Hall–Kier alpha value is -0.530. The summed E-state index contributed by atoms with van der Waals surface area (Å²) in [6, 6.07) is 0. The minimum Gasteiger partial charge on any atom is -0.356 e. The molecule has 0 aromatic heterocycles. The second-order valence-electron chi connectivity index (χ2n) is 14.6. The SMILES string of the molecule is CCCCCCCNC(=O)CC[C@@H](C)C1CCC2C3C(C)CC4C[C@H](C)CC[C@]4(C)C3CC[C@@]21C. The van der Waals surface area contributed by atoms with Crippen LogP contribution in [-0.4, -0.2) is 12.5 Å². The zero-order valence-electron chi connectivity index (χ0n) is 24.3. The van der Waals surface area contributed by atoms with Gasteiger partial charge in [-0.1, -0.05) is 73.6 Å². The van der Waals surface area contributed by atoms with Crippen LogP contribution in [0.5, 0.6) is 0 Å². The molecule has 2 nitrogen and oxygen atoms in total. The van der Waals surface area contributed by atoms with Gasteiger partial charge in [0.15, 0.2) is 0 Å². The number of amides is 1. The standard InChI is InChI=1S/C33H59NO/c1-7-8-9-10-11-20-34-30(35)15-12-24(3)27-13-14-28-31-25(4)22-26-21-23(2)16-18-32(26,5)29(31)17-19-33(27,28)6/h23-29,31H,7-22H2,1-6H3,(H,34,35)/t23-,24-,25?,26?,27?,28?,29?,31?,32+,33-/m1/s1. The normalized spacial score (nSPS) is 43.7. The topological polar surface area (TPSA) is 29.1 Å². The first-order valence-corrected chi connectivity index (χ1v) is 16.0. The van der Waals surface area contributed by atoms with Gasteiger partial charge in [-0.15, -0.1) is 0 Å². The fraction of sp³-hybridized carbons (Fsp3) is 0.970. The van der Waals surface area contributed by atoms with Crippen LogP contribution in [0.15, 0.2) is 0 Å². The van der Waals surface area contributed by atoms with E-state index < -0.39 is 0 Å². The molecule has 0 aromatic carbocycles. The number of hydrogen-bond donors (Lipinski definition) is 1. The van der Waals surface area contributed by atoms with Crippen LogP contribution in [0.3, 0.4) is 0 Å². The number of carbonyl (C=O) groups is 1. The first kappa shape index (κ1) is 27.5. The second-order valence-corrected chi connectivity index (χ2v) is 14.6. The van der Waals surface area contributed by atoms with Gasteiger partial charge in [-0.25, -0.2) is 0 Å². The summed E-state index contributed by atoms with van der Waals surface area (Å²) in [4.78, 5) is 12.5. The molecule has 4 rings (SSSR count). The Morgan fingerprint density at radius 3 is 2.40 bits per heavy atom. The molecule has 0 aliphatic heterocycles. The van der Waals surface area contributed by atoms with Crippen LogP contribution in [0.25, 0.3) is 0 Å². The van der Waals surface area contributed by atoms with Gasteiger partial charge >= 0.3 is 0 Å². The maximum absolute atomic E-state index is 12.5. The summed E-state index contributed by atoms with van der Waals surface area (Å²) in [5.41, 5.74) is 1.12. The number of fused-ring (bicyclic) bond motifs is 5. The van der Waals surface area contributed by atoms with Crippen LogP contribution in [0, 0.1) is 58.2 Å². The molecular formula is C33H59NO. The number of unbranched alkanes of at least 4 members (excludes halogenated alkanes) is 4. The highest BCUT2D eigenvalue weighted by Crippen LogP contribution is 2.69. The van der Waals surface area contributed by atoms with Crippen molar-refractivity contribution in [1.29, 1.82) is 0 Å². The van der Waals surface area contributed by atoms with Gasteiger partial charge in [0.2, 0.25) is 5.91 Å². The Labute approximate surface area is 218 Å². The van der Waals surface area contributed by atoms with Gasteiger partial charge in [-0.3, -0.25) is 4.79 Å². The number of hydrogen-bond acceptors (Lipinski definition) is 1. The molecular weight excluding hydrogens is 426 g/mol. The summed E-state index contributed by atoms with van der Waals surface area (Å²) in [5, 5.41) is 3.21. The lowest BCUT2D eigenvalue weighted by Gasteiger charge is -2.63. The van der Waals surface area contributed by atoms with Gasteiger partial charge in [-0.05, 0) is 116 Å². The largest absolute Gasteiger partial charge is 0.356 e. The lowest BCUT2D eigenvalue weighted by Crippen LogP contribution is -2.56. The second kappa shape index (κ2) is 11.5. The third-order valence-electron chi connectivity index (χ3n) is 12.5. The summed E-state index contributed by atoms with van der Waals surface area (Å²) in [6.45, 7) is 16.1. The lowest BCUT2D eigenvalue weighted by atomic mass is 9.42. The molecule has 6 unspecified atom stereocenters. The Kier molecular flexibility index (Phi) is 9.01. The molecule has 1 N–H and O–H groups in total. The monoisotopic (exact) mass is 485 g/mol. The molecule has 4 aliphatic carbocycles. The molecule has 4 saturated carbocycles. The Morgan fingerprint density at radius 2 is 1.63 bits per heavy atom. The van der Waals surface area contributed by atoms with Crippen LogP contribution < -0.4 is 5.32 Å². The van der Waals surface area contributed by atoms with E-state index in [-0.39, 0.29) is 0 Å². The third-order valence-corrected chi connectivity index (χ3v) is 12.5. The quantitative estimate of drug-likeness (QED) is 0.307. The van der Waals surface area contributed by atoms with Crippen molar-refractivity contribution < 1.29 is 4.79 Å². The van der Waals surface area contributed by atoms with E-state index in [2.05, 4.69) is 46.9 Å². The molecule has 4 fully saturated rings. The number of rotatable bonds is 10. The van der Waals surface area contributed by atoms with E-state index in [1.165, 1.54) is 77.0 Å². The molecule has 0 saturated heterocycles. The summed E-state index contributed by atoms with van der Waals surface area (Å²) in [6.07, 6.45) is 19.9. The van der Waals surface area contributed by atoms with Crippen molar-refractivity contribution in [1.82, 2.24) is 5.32 Å². The highest BCUT2D eigenvalue weighted by molar-refractivity contribution is 5.75. The van der Waals surface area contributed by atoms with Crippen molar-refractivity contribution in [3.63, 3.8) is 0 Å². The molecule has 0 spiro atoms. The fourth-order valence-corrected chi connectivity index (χ4v) is 10.4. The third kappa shape index (κ3) is 5.52. The highest BCUT2D eigenvalue weighted by atomic mass is 16.1. The predicted octanol–water partition coefficient (Wildman–Crippen LogP) is 9.03. The van der Waals surface area contributed by atoms with Gasteiger partial charge in [0.1, 0.15) is 0 Å². The maximum atomic E-state index is 12.5. The van der Waals surface area contributed by atoms with Gasteiger partial charge in [0.25, 0.3) is 0 Å². The summed E-state index contributed by atoms with van der Waals surface area (Å²) in [5.74, 6) is 7.48. The fourth-order valence-electron chi connectivity index (χ4n) is 10.4. The summed E-state index contributed by atoms with van der Waals surface area (Å²) < 4.78 is 0. The minimum absolute atomic E-state index is 0.294. The number of carbonyl (C=O) groups excluding carboxylic acids is 1. The van der Waals surface area contributed by atoms with E-state index in [4.69, 9.17) is 0 Å². The average Bonchev–Trinajstić information content (AvgIpc) is 3.18. The molecule has 0 aromatic rings. The lowest BCUT2D eigenvalue weighted by molar-refractivity contribution is -0.142. The summed E-state index contributed by atoms with van der Waals surface area (Å²) in [7, 11) is 0. The molecule has 35 heavy (non-hydrogen) atoms. The van der Waals surface area contributed by atoms with E-state index in [1.807, 2.05) is 0 Å². The van der Waals surface area contributed by atoms with E-state index >= 15 is 0 Å². The minimum atomic E-state index is 0.294. The Morgan fingerprint density at radius 1 is 0.914 bits per heavy atom. The van der Waals surface area contributed by atoms with Crippen molar-refractivity contribution in [2.45, 2.75) is 138 Å². The molecule has 0 bridgehead atoms. The molecule has 4 aliphatic rings. The van der Waals surface area contributed by atoms with E-state index in [9.17, 15) is 4.79 Å². The van der Waals surface area contributed by atoms with Crippen molar-refractivity contribution >= 4 is 5.91 Å². The Balaban J connectivity index is 1.32. The zero-order chi connectivity index (χ0) is 25.2. The van der Waals surface area contributed by atoms with Gasteiger partial charge in [0, 0.05) is 13.0 Å². The van der Waals surface area contributed by atoms with Crippen LogP contribution >= 0.6 is 0 Å². The van der Waals surface area contributed by atoms with Crippen molar-refractivity contribution in [3.05, 3.63) is 0 Å². The molecule has 2 heteroatoms. The van der Waals surface area contributed by atoms with Gasteiger partial charge in [0.05, 0.1) is 0 Å². The van der Waals surface area contributed by atoms with E-state index in [0.717, 1.165) is 67.2 Å². The van der Waals surface area contributed by atoms with Crippen LogP contribution in [0.4, 0.5) is 0 Å². The first-order valence-electron chi connectivity index (χ1n) is 16.0. The summed E-state index contributed by atoms with van der Waals surface area (Å²) >= 11 is 0. The highest BCUT2D eigenvalue weighted by Gasteiger charge is 2.62. The van der Waals surface area contributed by atoms with Crippen molar-refractivity contribution in [2.75, 3.05) is 6.54 Å². The van der Waals surface area contributed by atoms with Crippen molar-refractivity contribution in [2.24, 2.45) is 58.2 Å². The number of nitrogens with one attached hydrogen (secondary N) is 1. The van der Waals surface area contributed by atoms with Gasteiger partial charge < -0.3 is 5.32 Å². The van der Waals surface area contributed by atoms with E-state index in [0.29, 0.717) is 22.7 Å². The zero-order valence-corrected chi connectivity index (χ0v) is 24.3. The molecule has 1 amide bonds. The van der Waals surface area contributed by atoms with E-state index in [1.54, 1.807) is 0 Å². The van der Waals surface area contributed by atoms with Crippen LogP contribution in [-0.2, 0) is 4.79 Å². The van der Waals surface area contributed by atoms with Crippen LogP contribution in [0.1, 0.15) is 138 Å². The first-order chi connectivity index (χ1) is 16.7. The average molecular weight is 486 g/mol. The molecule has 10 atom stereocenters. The maximum Gasteiger partial charge on any atom is 0.220 e.